The summed E-state index contributed by atoms with van der Waals surface area (Å²) in [7, 11) is 1.77. The zero-order valence-corrected chi connectivity index (χ0v) is 5.39. The smallest absolute Gasteiger partial charge is 0.111 e. The third-order valence-corrected chi connectivity index (χ3v) is 1.89. The standard InChI is InChI=1S/C6H13NO/c1-8-6-4-2-3-5(6)7/h5-6H,2-4,7H2,1H3/p+1/t5-,6+/m0/s1. The summed E-state index contributed by atoms with van der Waals surface area (Å²) < 4.78 is 5.16. The molecule has 0 saturated heterocycles. The first-order chi connectivity index (χ1) is 3.84. The van der Waals surface area contributed by atoms with Gasteiger partial charge in [0.1, 0.15) is 12.1 Å². The first kappa shape index (κ1) is 6.05. The minimum absolute atomic E-state index is 0.454. The second-order valence-corrected chi connectivity index (χ2v) is 2.47. The van der Waals surface area contributed by atoms with Gasteiger partial charge in [0, 0.05) is 13.5 Å². The number of ether oxygens (including phenoxy) is 1. The van der Waals surface area contributed by atoms with Gasteiger partial charge in [0.25, 0.3) is 0 Å². The van der Waals surface area contributed by atoms with Gasteiger partial charge in [-0.25, -0.2) is 0 Å². The van der Waals surface area contributed by atoms with Crippen LogP contribution in [0.4, 0.5) is 0 Å². The van der Waals surface area contributed by atoms with Gasteiger partial charge in [0.15, 0.2) is 0 Å². The monoisotopic (exact) mass is 116 g/mol. The van der Waals surface area contributed by atoms with E-state index in [0.29, 0.717) is 12.1 Å². The van der Waals surface area contributed by atoms with Crippen LogP contribution in [0.2, 0.25) is 0 Å². The first-order valence-electron chi connectivity index (χ1n) is 3.20. The highest BCUT2D eigenvalue weighted by atomic mass is 16.5. The predicted molar refractivity (Wildman–Crippen MR) is 31.3 cm³/mol. The van der Waals surface area contributed by atoms with Gasteiger partial charge >= 0.3 is 0 Å². The van der Waals surface area contributed by atoms with Crippen molar-refractivity contribution in [2.45, 2.75) is 31.4 Å². The highest BCUT2D eigenvalue weighted by Crippen LogP contribution is 2.17. The van der Waals surface area contributed by atoms with Crippen LogP contribution >= 0.6 is 0 Å². The minimum Gasteiger partial charge on any atom is -0.375 e. The summed E-state index contributed by atoms with van der Waals surface area (Å²) in [4.78, 5) is 0. The molecule has 0 spiro atoms. The average Bonchev–Trinajstić information content (AvgIpc) is 2.14. The van der Waals surface area contributed by atoms with Crippen LogP contribution in [0.5, 0.6) is 0 Å². The Balaban J connectivity index is 2.30. The molecule has 0 aromatic carbocycles. The fraction of sp³-hybridized carbons (Fsp3) is 1.00. The third-order valence-electron chi connectivity index (χ3n) is 1.89. The van der Waals surface area contributed by atoms with E-state index in [9.17, 15) is 0 Å². The molecule has 1 rings (SSSR count). The lowest BCUT2D eigenvalue weighted by Gasteiger charge is -2.08. The van der Waals surface area contributed by atoms with Gasteiger partial charge in [0.2, 0.25) is 0 Å². The Bertz CT molecular complexity index is 74.9. The second kappa shape index (κ2) is 2.46. The van der Waals surface area contributed by atoms with Crippen LogP contribution in [0.1, 0.15) is 19.3 Å². The molecule has 1 fully saturated rings. The summed E-state index contributed by atoms with van der Waals surface area (Å²) in [6.45, 7) is 0. The molecule has 2 nitrogen and oxygen atoms in total. The molecule has 0 heterocycles. The minimum atomic E-state index is 0.454. The first-order valence-corrected chi connectivity index (χ1v) is 3.20. The lowest BCUT2D eigenvalue weighted by molar-refractivity contribution is -0.433. The van der Waals surface area contributed by atoms with Gasteiger partial charge in [-0.15, -0.1) is 0 Å². The Kier molecular flexibility index (Phi) is 1.86. The van der Waals surface area contributed by atoms with Gasteiger partial charge in [-0.1, -0.05) is 0 Å². The molecule has 2 atom stereocenters. The summed E-state index contributed by atoms with van der Waals surface area (Å²) in [5.74, 6) is 0. The molecular formula is C6H14NO+. The molecule has 0 aliphatic heterocycles. The molecule has 0 amide bonds. The molecular weight excluding hydrogens is 102 g/mol. The summed E-state index contributed by atoms with van der Waals surface area (Å²) >= 11 is 0. The SMILES string of the molecule is CO[C@@H]1CCC[C@@H]1[NH3+]. The quantitative estimate of drug-likeness (QED) is 0.506. The second-order valence-electron chi connectivity index (χ2n) is 2.47. The zero-order chi connectivity index (χ0) is 5.98. The van der Waals surface area contributed by atoms with Gasteiger partial charge < -0.3 is 10.5 Å². The molecule has 0 bridgehead atoms. The summed E-state index contributed by atoms with van der Waals surface area (Å²) in [6, 6.07) is 0.556. The molecule has 48 valence electrons. The molecule has 0 unspecified atom stereocenters. The lowest BCUT2D eigenvalue weighted by atomic mass is 10.2. The molecule has 0 radical (unpaired) electrons. The highest BCUT2D eigenvalue weighted by molar-refractivity contribution is 4.74. The lowest BCUT2D eigenvalue weighted by Crippen LogP contribution is -2.64. The Morgan fingerprint density at radius 2 is 2.25 bits per heavy atom. The summed E-state index contributed by atoms with van der Waals surface area (Å²) in [5.41, 5.74) is 3.96. The normalized spacial score (nSPS) is 38.2. The largest absolute Gasteiger partial charge is 0.375 e. The molecule has 2 heteroatoms. The van der Waals surface area contributed by atoms with Gasteiger partial charge in [-0.05, 0) is 12.8 Å². The van der Waals surface area contributed by atoms with Crippen LogP contribution in [0.3, 0.4) is 0 Å². The summed E-state index contributed by atoms with van der Waals surface area (Å²) in [5, 5.41) is 0. The predicted octanol–water partition coefficient (Wildman–Crippen LogP) is -0.204. The van der Waals surface area contributed by atoms with Crippen LogP contribution in [-0.2, 0) is 4.74 Å². The molecule has 8 heavy (non-hydrogen) atoms. The fourth-order valence-corrected chi connectivity index (χ4v) is 1.31. The van der Waals surface area contributed by atoms with E-state index >= 15 is 0 Å². The van der Waals surface area contributed by atoms with Gasteiger partial charge in [-0.3, -0.25) is 0 Å². The maximum atomic E-state index is 5.16. The Morgan fingerprint density at radius 1 is 1.50 bits per heavy atom. The maximum Gasteiger partial charge on any atom is 0.111 e. The number of quaternary nitrogens is 1. The Hall–Kier alpha value is -0.0800. The van der Waals surface area contributed by atoms with E-state index in [1.807, 2.05) is 0 Å². The van der Waals surface area contributed by atoms with E-state index in [4.69, 9.17) is 4.74 Å². The van der Waals surface area contributed by atoms with Crippen molar-refractivity contribution >= 4 is 0 Å². The van der Waals surface area contributed by atoms with Crippen molar-refractivity contribution in [2.75, 3.05) is 7.11 Å². The molecule has 1 aliphatic rings. The average molecular weight is 116 g/mol. The van der Waals surface area contributed by atoms with E-state index in [1.54, 1.807) is 7.11 Å². The van der Waals surface area contributed by atoms with Crippen LogP contribution in [-0.4, -0.2) is 19.3 Å². The molecule has 1 aliphatic carbocycles. The van der Waals surface area contributed by atoms with Crippen LogP contribution in [0, 0.1) is 0 Å². The van der Waals surface area contributed by atoms with Crippen LogP contribution in [0.15, 0.2) is 0 Å². The van der Waals surface area contributed by atoms with Crippen molar-refractivity contribution < 1.29 is 10.5 Å². The van der Waals surface area contributed by atoms with E-state index in [2.05, 4.69) is 5.73 Å². The maximum absolute atomic E-state index is 5.16. The third kappa shape index (κ3) is 1.01. The van der Waals surface area contributed by atoms with Crippen molar-refractivity contribution in [2.24, 2.45) is 0 Å². The van der Waals surface area contributed by atoms with E-state index in [1.165, 1.54) is 19.3 Å². The number of rotatable bonds is 1. The van der Waals surface area contributed by atoms with Crippen LogP contribution < -0.4 is 5.73 Å². The van der Waals surface area contributed by atoms with E-state index < -0.39 is 0 Å². The van der Waals surface area contributed by atoms with E-state index in [0.717, 1.165) is 0 Å². The number of hydrogen-bond acceptors (Lipinski definition) is 1. The Labute approximate surface area is 50.0 Å². The molecule has 0 aromatic heterocycles. The molecule has 0 aromatic rings. The molecule has 1 saturated carbocycles. The topological polar surface area (TPSA) is 36.9 Å². The van der Waals surface area contributed by atoms with Crippen molar-refractivity contribution in [3.8, 4) is 0 Å². The number of methoxy groups -OCH3 is 1. The highest BCUT2D eigenvalue weighted by Gasteiger charge is 2.26. The van der Waals surface area contributed by atoms with Crippen molar-refractivity contribution in [1.82, 2.24) is 0 Å². The van der Waals surface area contributed by atoms with Crippen LogP contribution in [0.25, 0.3) is 0 Å². The van der Waals surface area contributed by atoms with Crippen molar-refractivity contribution in [1.29, 1.82) is 0 Å². The van der Waals surface area contributed by atoms with Gasteiger partial charge in [-0.2, -0.15) is 0 Å². The molecule has 3 N–H and O–H groups in total. The number of hydrogen-bond donors (Lipinski definition) is 1. The summed E-state index contributed by atoms with van der Waals surface area (Å²) in [6.07, 6.45) is 4.21. The zero-order valence-electron chi connectivity index (χ0n) is 5.39. The van der Waals surface area contributed by atoms with E-state index in [-0.39, 0.29) is 0 Å². The fourth-order valence-electron chi connectivity index (χ4n) is 1.31. The van der Waals surface area contributed by atoms with Gasteiger partial charge in [0.05, 0.1) is 0 Å². The van der Waals surface area contributed by atoms with Crippen molar-refractivity contribution in [3.05, 3.63) is 0 Å². The Morgan fingerprint density at radius 3 is 2.50 bits per heavy atom. The van der Waals surface area contributed by atoms with Crippen molar-refractivity contribution in [3.63, 3.8) is 0 Å².